The molecule has 0 amide bonds. The SMILES string of the molecule is COC(=O)CCC/C=C/CC1C(C)CC(C)C1CCC(C)O. The predicted molar refractivity (Wildman–Crippen MR) is 90.5 cm³/mol. The van der Waals surface area contributed by atoms with Gasteiger partial charge in [-0.2, -0.15) is 0 Å². The van der Waals surface area contributed by atoms with Crippen molar-refractivity contribution in [2.24, 2.45) is 23.7 Å². The van der Waals surface area contributed by atoms with Crippen LogP contribution < -0.4 is 0 Å². The number of unbranched alkanes of at least 4 members (excludes halogenated alkanes) is 1. The van der Waals surface area contributed by atoms with Gasteiger partial charge in [-0.15, -0.1) is 0 Å². The van der Waals surface area contributed by atoms with Crippen molar-refractivity contribution in [2.75, 3.05) is 7.11 Å². The third-order valence-electron chi connectivity index (χ3n) is 5.23. The molecular weight excluding hydrogens is 276 g/mol. The first kappa shape index (κ1) is 19.2. The van der Waals surface area contributed by atoms with Crippen LogP contribution in [0.15, 0.2) is 12.2 Å². The Kier molecular flexibility index (Phi) is 8.77. The van der Waals surface area contributed by atoms with Crippen LogP contribution in [0, 0.1) is 23.7 Å². The van der Waals surface area contributed by atoms with Gasteiger partial charge in [0.05, 0.1) is 13.2 Å². The van der Waals surface area contributed by atoms with E-state index in [0.29, 0.717) is 6.42 Å². The van der Waals surface area contributed by atoms with E-state index in [9.17, 15) is 9.90 Å². The van der Waals surface area contributed by atoms with E-state index in [1.807, 2.05) is 6.92 Å². The van der Waals surface area contributed by atoms with Crippen molar-refractivity contribution in [3.8, 4) is 0 Å². The van der Waals surface area contributed by atoms with Gasteiger partial charge >= 0.3 is 5.97 Å². The molecule has 0 aliphatic heterocycles. The molecule has 0 heterocycles. The van der Waals surface area contributed by atoms with Gasteiger partial charge in [-0.05, 0) is 69.1 Å². The van der Waals surface area contributed by atoms with E-state index in [1.165, 1.54) is 13.5 Å². The summed E-state index contributed by atoms with van der Waals surface area (Å²) in [5, 5.41) is 9.54. The second-order valence-electron chi connectivity index (χ2n) is 7.12. The summed E-state index contributed by atoms with van der Waals surface area (Å²) in [7, 11) is 1.44. The van der Waals surface area contributed by atoms with Gasteiger partial charge in [0.15, 0.2) is 0 Å². The lowest BCUT2D eigenvalue weighted by Crippen LogP contribution is -2.17. The maximum atomic E-state index is 11.0. The molecule has 5 atom stereocenters. The summed E-state index contributed by atoms with van der Waals surface area (Å²) in [6.45, 7) is 6.62. The quantitative estimate of drug-likeness (QED) is 0.391. The van der Waals surface area contributed by atoms with E-state index in [0.717, 1.165) is 55.8 Å². The molecular formula is C19H34O3. The molecule has 1 fully saturated rings. The predicted octanol–water partition coefficient (Wildman–Crippen LogP) is 4.35. The molecule has 1 N–H and O–H groups in total. The van der Waals surface area contributed by atoms with Crippen LogP contribution in [0.4, 0.5) is 0 Å². The summed E-state index contributed by atoms with van der Waals surface area (Å²) in [5.74, 6) is 2.90. The highest BCUT2D eigenvalue weighted by atomic mass is 16.5. The van der Waals surface area contributed by atoms with Crippen LogP contribution in [0.25, 0.3) is 0 Å². The van der Waals surface area contributed by atoms with E-state index >= 15 is 0 Å². The van der Waals surface area contributed by atoms with E-state index < -0.39 is 0 Å². The van der Waals surface area contributed by atoms with Crippen LogP contribution >= 0.6 is 0 Å². The third-order valence-corrected chi connectivity index (χ3v) is 5.23. The molecule has 1 aliphatic rings. The number of aliphatic hydroxyl groups is 1. The highest BCUT2D eigenvalue weighted by Gasteiger charge is 2.37. The number of rotatable bonds is 9. The molecule has 3 nitrogen and oxygen atoms in total. The topological polar surface area (TPSA) is 46.5 Å². The molecule has 0 saturated heterocycles. The summed E-state index contributed by atoms with van der Waals surface area (Å²) in [6, 6.07) is 0. The minimum absolute atomic E-state index is 0.121. The van der Waals surface area contributed by atoms with E-state index in [4.69, 9.17) is 0 Å². The summed E-state index contributed by atoms with van der Waals surface area (Å²) < 4.78 is 4.64. The fourth-order valence-electron chi connectivity index (χ4n) is 3.96. The van der Waals surface area contributed by atoms with Crippen molar-refractivity contribution < 1.29 is 14.6 Å². The molecule has 1 saturated carbocycles. The Morgan fingerprint density at radius 3 is 2.59 bits per heavy atom. The van der Waals surface area contributed by atoms with E-state index in [2.05, 4.69) is 30.7 Å². The second kappa shape index (κ2) is 10.0. The summed E-state index contributed by atoms with van der Waals surface area (Å²) in [4.78, 5) is 11.0. The van der Waals surface area contributed by atoms with Gasteiger partial charge in [-0.1, -0.05) is 26.0 Å². The Morgan fingerprint density at radius 1 is 1.27 bits per heavy atom. The molecule has 3 heteroatoms. The van der Waals surface area contributed by atoms with Crippen LogP contribution in [0.3, 0.4) is 0 Å². The molecule has 0 aromatic rings. The zero-order valence-electron chi connectivity index (χ0n) is 14.8. The Morgan fingerprint density at radius 2 is 1.95 bits per heavy atom. The summed E-state index contributed by atoms with van der Waals surface area (Å²) in [6.07, 6.45) is 11.2. The Bertz CT molecular complexity index is 349. The van der Waals surface area contributed by atoms with Gasteiger partial charge in [0, 0.05) is 6.42 Å². The zero-order valence-corrected chi connectivity index (χ0v) is 14.8. The van der Waals surface area contributed by atoms with Crippen LogP contribution in [0.1, 0.15) is 65.7 Å². The maximum absolute atomic E-state index is 11.0. The Labute approximate surface area is 136 Å². The van der Waals surface area contributed by atoms with Gasteiger partial charge in [0.1, 0.15) is 0 Å². The molecule has 128 valence electrons. The van der Waals surface area contributed by atoms with Gasteiger partial charge in [0.25, 0.3) is 0 Å². The minimum atomic E-state index is -0.183. The number of esters is 1. The number of ether oxygens (including phenoxy) is 1. The maximum Gasteiger partial charge on any atom is 0.305 e. The van der Waals surface area contributed by atoms with Crippen LogP contribution in [-0.2, 0) is 9.53 Å². The van der Waals surface area contributed by atoms with Crippen LogP contribution in [0.5, 0.6) is 0 Å². The third kappa shape index (κ3) is 6.51. The molecule has 0 radical (unpaired) electrons. The van der Waals surface area contributed by atoms with Crippen molar-refractivity contribution >= 4 is 5.97 Å². The number of methoxy groups -OCH3 is 1. The van der Waals surface area contributed by atoms with Crippen molar-refractivity contribution in [3.05, 3.63) is 12.2 Å². The number of carbonyl (C=O) groups is 1. The number of hydrogen-bond acceptors (Lipinski definition) is 3. The lowest BCUT2D eigenvalue weighted by atomic mass is 9.82. The van der Waals surface area contributed by atoms with E-state index in [1.54, 1.807) is 0 Å². The number of allylic oxidation sites excluding steroid dienone is 2. The Balaban J connectivity index is 2.35. The average molecular weight is 310 g/mol. The molecule has 1 rings (SSSR count). The molecule has 5 unspecified atom stereocenters. The first-order valence-electron chi connectivity index (χ1n) is 8.85. The van der Waals surface area contributed by atoms with Crippen molar-refractivity contribution in [1.29, 1.82) is 0 Å². The first-order valence-corrected chi connectivity index (χ1v) is 8.85. The lowest BCUT2D eigenvalue weighted by Gasteiger charge is -2.24. The highest BCUT2D eigenvalue weighted by molar-refractivity contribution is 5.68. The van der Waals surface area contributed by atoms with Crippen LogP contribution in [0.2, 0.25) is 0 Å². The first-order chi connectivity index (χ1) is 10.5. The number of aliphatic hydroxyl groups excluding tert-OH is 1. The smallest absolute Gasteiger partial charge is 0.305 e. The largest absolute Gasteiger partial charge is 0.469 e. The van der Waals surface area contributed by atoms with Gasteiger partial charge in [-0.25, -0.2) is 0 Å². The fraction of sp³-hybridized carbons (Fsp3) is 0.842. The summed E-state index contributed by atoms with van der Waals surface area (Å²) in [5.41, 5.74) is 0. The van der Waals surface area contributed by atoms with Crippen molar-refractivity contribution in [2.45, 2.75) is 71.8 Å². The summed E-state index contributed by atoms with van der Waals surface area (Å²) >= 11 is 0. The fourth-order valence-corrected chi connectivity index (χ4v) is 3.96. The van der Waals surface area contributed by atoms with E-state index in [-0.39, 0.29) is 12.1 Å². The second-order valence-corrected chi connectivity index (χ2v) is 7.12. The molecule has 0 bridgehead atoms. The van der Waals surface area contributed by atoms with Gasteiger partial charge in [-0.3, -0.25) is 4.79 Å². The number of hydrogen-bond donors (Lipinski definition) is 1. The molecule has 1 aliphatic carbocycles. The van der Waals surface area contributed by atoms with Gasteiger partial charge < -0.3 is 9.84 Å². The minimum Gasteiger partial charge on any atom is -0.469 e. The van der Waals surface area contributed by atoms with Crippen molar-refractivity contribution in [1.82, 2.24) is 0 Å². The molecule has 0 aromatic carbocycles. The average Bonchev–Trinajstić information content (AvgIpc) is 2.73. The lowest BCUT2D eigenvalue weighted by molar-refractivity contribution is -0.140. The number of carbonyl (C=O) groups excluding carboxylic acids is 1. The molecule has 0 aromatic heterocycles. The van der Waals surface area contributed by atoms with Crippen molar-refractivity contribution in [3.63, 3.8) is 0 Å². The highest BCUT2D eigenvalue weighted by Crippen LogP contribution is 2.45. The molecule has 22 heavy (non-hydrogen) atoms. The van der Waals surface area contributed by atoms with Crippen LogP contribution in [-0.4, -0.2) is 24.3 Å². The zero-order chi connectivity index (χ0) is 16.5. The normalized spacial score (nSPS) is 29.9. The van der Waals surface area contributed by atoms with Gasteiger partial charge in [0.2, 0.25) is 0 Å². The Hall–Kier alpha value is -0.830. The standard InChI is InChI=1S/C19H34O3/c1-14-13-15(2)18(12-11-16(3)20)17(14)9-7-5-6-8-10-19(21)22-4/h5,7,14-18,20H,6,8-13H2,1-4H3/b7-5+. The monoisotopic (exact) mass is 310 g/mol. The molecule has 0 spiro atoms.